The molecular weight excluding hydrogens is 458 g/mol. The van der Waals surface area contributed by atoms with Crippen LogP contribution in [0.4, 0.5) is 0 Å². The quantitative estimate of drug-likeness (QED) is 0.230. The number of ketones is 2. The summed E-state index contributed by atoms with van der Waals surface area (Å²) in [6.07, 6.45) is 0.191. The van der Waals surface area contributed by atoms with Crippen molar-refractivity contribution in [2.75, 3.05) is 21.2 Å². The minimum Gasteiger partial charge on any atom is -0.510 e. The van der Waals surface area contributed by atoms with Gasteiger partial charge in [0, 0.05) is 17.1 Å². The number of oxime groups is 1. The minimum atomic E-state index is -2.66. The highest BCUT2D eigenvalue weighted by atomic mass is 16.6. The number of fused-ring (bicyclic) bond motifs is 3. The van der Waals surface area contributed by atoms with E-state index in [1.54, 1.807) is 27.1 Å². The number of amides is 1. The van der Waals surface area contributed by atoms with Crippen LogP contribution in [0.5, 0.6) is 5.75 Å². The van der Waals surface area contributed by atoms with Crippen LogP contribution in [0.3, 0.4) is 0 Å². The van der Waals surface area contributed by atoms with Gasteiger partial charge in [-0.1, -0.05) is 5.16 Å². The molecule has 1 aromatic rings. The summed E-state index contributed by atoms with van der Waals surface area (Å²) < 4.78 is 0. The highest BCUT2D eigenvalue weighted by Gasteiger charge is 2.63. The number of aromatic hydroxyl groups is 1. The third-order valence-electron chi connectivity index (χ3n) is 7.22. The van der Waals surface area contributed by atoms with Crippen LogP contribution in [0.15, 0.2) is 40.0 Å². The van der Waals surface area contributed by atoms with Gasteiger partial charge >= 0.3 is 0 Å². The Labute approximate surface area is 200 Å². The Morgan fingerprint density at radius 2 is 1.89 bits per heavy atom. The summed E-state index contributed by atoms with van der Waals surface area (Å²) in [5.74, 6) is -6.86. The van der Waals surface area contributed by atoms with Crippen molar-refractivity contribution in [3.05, 3.63) is 51.5 Å². The van der Waals surface area contributed by atoms with E-state index in [1.807, 2.05) is 0 Å². The molecule has 0 radical (unpaired) electrons. The molecule has 1 aromatic carbocycles. The van der Waals surface area contributed by atoms with Crippen molar-refractivity contribution >= 4 is 23.2 Å². The molecule has 0 heterocycles. The Kier molecular flexibility index (Phi) is 5.73. The number of benzene rings is 1. The number of phenols is 1. The zero-order valence-electron chi connectivity index (χ0n) is 19.7. The van der Waals surface area contributed by atoms with Gasteiger partial charge in [-0.3, -0.25) is 19.3 Å². The molecule has 11 heteroatoms. The van der Waals surface area contributed by atoms with Crippen molar-refractivity contribution in [2.24, 2.45) is 22.7 Å². The molecule has 3 aliphatic rings. The number of hydrogen-bond donors (Lipinski definition) is 5. The molecule has 0 bridgehead atoms. The number of carbonyl (C=O) groups excluding carboxylic acids is 3. The Bertz CT molecular complexity index is 1260. The van der Waals surface area contributed by atoms with Gasteiger partial charge in [0.15, 0.2) is 11.4 Å². The Morgan fingerprint density at radius 3 is 2.46 bits per heavy atom. The Morgan fingerprint density at radius 1 is 1.23 bits per heavy atom. The number of aliphatic hydroxyl groups is 3. The summed E-state index contributed by atoms with van der Waals surface area (Å²) in [6, 6.07) is 1.88. The van der Waals surface area contributed by atoms with E-state index in [1.165, 1.54) is 18.1 Å². The van der Waals surface area contributed by atoms with Crippen molar-refractivity contribution < 1.29 is 39.6 Å². The van der Waals surface area contributed by atoms with E-state index in [2.05, 4.69) is 5.16 Å². The van der Waals surface area contributed by atoms with Crippen LogP contribution in [-0.2, 0) is 20.8 Å². The predicted octanol–water partition coefficient (Wildman–Crippen LogP) is 0.491. The normalized spacial score (nSPS) is 28.6. The average molecular weight is 485 g/mol. The summed E-state index contributed by atoms with van der Waals surface area (Å²) in [5.41, 5.74) is 3.05. The molecule has 4 atom stereocenters. The van der Waals surface area contributed by atoms with Crippen molar-refractivity contribution in [1.82, 2.24) is 4.90 Å². The minimum absolute atomic E-state index is 0.0152. The van der Waals surface area contributed by atoms with Gasteiger partial charge in [-0.15, -0.1) is 0 Å². The smallest absolute Gasteiger partial charge is 0.255 e. The fraction of sp³-hybridized carbons (Fsp3) is 0.417. The highest BCUT2D eigenvalue weighted by molar-refractivity contribution is 6.25. The standard InChI is InChI=1S/C24H27N3O8/c1-9(26-35-4)11-5-6-14(28)16-12(11)7-10-8-13-18(27(2)3)20(30)17(23(25)33)22(32)24(13,34)21(31)15(10)19(16)29/h5-6,10,13,18,28,30-31,34H,7-8H2,1-4H3,(H2,25,33)/b26-9-/t10-,13-,18-,24-/m0/s1. The number of rotatable bonds is 4. The van der Waals surface area contributed by atoms with Crippen LogP contribution >= 0.6 is 0 Å². The van der Waals surface area contributed by atoms with Crippen LogP contribution in [0.25, 0.3) is 0 Å². The molecule has 1 amide bonds. The molecule has 35 heavy (non-hydrogen) atoms. The van der Waals surface area contributed by atoms with Gasteiger partial charge in [0.05, 0.1) is 17.3 Å². The van der Waals surface area contributed by atoms with E-state index in [-0.39, 0.29) is 29.7 Å². The van der Waals surface area contributed by atoms with Gasteiger partial charge in [0.2, 0.25) is 5.78 Å². The highest BCUT2D eigenvalue weighted by Crippen LogP contribution is 2.52. The van der Waals surface area contributed by atoms with E-state index in [0.29, 0.717) is 16.8 Å². The number of Topliss-reactive ketones (excluding diaryl/α,β-unsaturated/α-hetero) is 2. The van der Waals surface area contributed by atoms with Crippen molar-refractivity contribution in [2.45, 2.75) is 31.4 Å². The second-order valence-corrected chi connectivity index (χ2v) is 9.31. The topological polar surface area (TPSA) is 183 Å². The fourth-order valence-corrected chi connectivity index (χ4v) is 5.78. The number of hydrogen-bond acceptors (Lipinski definition) is 10. The first kappa shape index (κ1) is 24.4. The van der Waals surface area contributed by atoms with Crippen LogP contribution in [0, 0.1) is 11.8 Å². The molecule has 6 N–H and O–H groups in total. The SMILES string of the molecule is CO/N=C(/C)c1ccc(O)c2c1C[C@H]1C[C@H]3[C@H](N(C)C)C(O)=C(C(N)=O)C(=O)[C@@]3(O)C(O)=C1C2=O. The molecule has 3 aliphatic carbocycles. The third-order valence-corrected chi connectivity index (χ3v) is 7.22. The monoisotopic (exact) mass is 485 g/mol. The summed E-state index contributed by atoms with van der Waals surface area (Å²) >= 11 is 0. The molecular formula is C24H27N3O8. The molecule has 0 spiro atoms. The van der Waals surface area contributed by atoms with Crippen LogP contribution in [-0.4, -0.2) is 81.4 Å². The van der Waals surface area contributed by atoms with E-state index in [4.69, 9.17) is 10.6 Å². The molecule has 186 valence electrons. The number of carbonyl (C=O) groups is 3. The molecule has 4 rings (SSSR count). The lowest BCUT2D eigenvalue weighted by Crippen LogP contribution is -2.63. The van der Waals surface area contributed by atoms with Gasteiger partial charge in [-0.2, -0.15) is 0 Å². The first-order valence-corrected chi connectivity index (χ1v) is 11.0. The Hall–Kier alpha value is -3.70. The van der Waals surface area contributed by atoms with Gasteiger partial charge in [-0.05, 0) is 57.5 Å². The Balaban J connectivity index is 1.97. The third kappa shape index (κ3) is 3.26. The number of nitrogens with zero attached hydrogens (tertiary/aromatic N) is 2. The van der Waals surface area contributed by atoms with E-state index in [0.717, 1.165) is 0 Å². The van der Waals surface area contributed by atoms with Crippen molar-refractivity contribution in [3.63, 3.8) is 0 Å². The van der Waals surface area contributed by atoms with E-state index in [9.17, 15) is 34.8 Å². The first-order valence-electron chi connectivity index (χ1n) is 11.0. The van der Waals surface area contributed by atoms with Gasteiger partial charge in [0.1, 0.15) is 30.0 Å². The zero-order chi connectivity index (χ0) is 26.0. The van der Waals surface area contributed by atoms with Gasteiger partial charge in [-0.25, -0.2) is 0 Å². The zero-order valence-corrected chi connectivity index (χ0v) is 19.7. The van der Waals surface area contributed by atoms with Crippen molar-refractivity contribution in [3.8, 4) is 5.75 Å². The predicted molar refractivity (Wildman–Crippen MR) is 123 cm³/mol. The second-order valence-electron chi connectivity index (χ2n) is 9.31. The number of likely N-dealkylation sites (N-methyl/N-ethyl adjacent to an activating group) is 1. The maximum absolute atomic E-state index is 13.6. The van der Waals surface area contributed by atoms with E-state index < -0.39 is 58.0 Å². The molecule has 0 saturated heterocycles. The van der Waals surface area contributed by atoms with Crippen LogP contribution in [0.2, 0.25) is 0 Å². The number of allylic oxidation sites excluding steroid dienone is 1. The average Bonchev–Trinajstić information content (AvgIpc) is 2.76. The van der Waals surface area contributed by atoms with Gasteiger partial charge < -0.3 is 31.0 Å². The number of primary amides is 1. The molecule has 0 aliphatic heterocycles. The molecule has 0 aromatic heterocycles. The first-order chi connectivity index (χ1) is 16.4. The van der Waals surface area contributed by atoms with Crippen LogP contribution < -0.4 is 5.73 Å². The maximum Gasteiger partial charge on any atom is 0.255 e. The second kappa shape index (κ2) is 8.21. The lowest BCUT2D eigenvalue weighted by Gasteiger charge is -2.50. The lowest BCUT2D eigenvalue weighted by atomic mass is 9.58. The van der Waals surface area contributed by atoms with Crippen LogP contribution in [0.1, 0.15) is 34.8 Å². The van der Waals surface area contributed by atoms with Crippen molar-refractivity contribution in [1.29, 1.82) is 0 Å². The molecule has 0 saturated carbocycles. The number of aliphatic hydroxyl groups excluding tert-OH is 2. The van der Waals surface area contributed by atoms with E-state index >= 15 is 0 Å². The molecule has 0 unspecified atom stereocenters. The summed E-state index contributed by atoms with van der Waals surface area (Å²) in [4.78, 5) is 45.2. The number of nitrogens with two attached hydrogens (primary N) is 1. The summed E-state index contributed by atoms with van der Waals surface area (Å²) in [6.45, 7) is 1.68. The molecule has 0 fully saturated rings. The number of phenolic OH excluding ortho intramolecular Hbond substituents is 1. The lowest BCUT2D eigenvalue weighted by molar-refractivity contribution is -0.148. The van der Waals surface area contributed by atoms with Gasteiger partial charge in [0.25, 0.3) is 5.91 Å². The summed E-state index contributed by atoms with van der Waals surface area (Å²) in [5, 5.41) is 48.1. The summed E-state index contributed by atoms with van der Waals surface area (Å²) in [7, 11) is 4.53. The molecule has 11 nitrogen and oxygen atoms in total. The maximum atomic E-state index is 13.6. The largest absolute Gasteiger partial charge is 0.510 e. The fourth-order valence-electron chi connectivity index (χ4n) is 5.78.